The van der Waals surface area contributed by atoms with Gasteiger partial charge in [-0.15, -0.1) is 0 Å². The Morgan fingerprint density at radius 2 is 1.95 bits per heavy atom. The second-order valence-electron chi connectivity index (χ2n) is 5.78. The number of aryl methyl sites for hydroxylation is 1. The fraction of sp³-hybridized carbons (Fsp3) is 0.600. The monoisotopic (exact) mass is 312 g/mol. The molecular weight excluding hydrogens is 288 g/mol. The molecule has 0 aromatic heterocycles. The molecule has 0 saturated heterocycles. The second-order valence-corrected chi connectivity index (χ2v) is 7.48. The maximum absolute atomic E-state index is 12.5. The third-order valence-electron chi connectivity index (χ3n) is 3.94. The van der Waals surface area contributed by atoms with Gasteiger partial charge in [0.2, 0.25) is 10.0 Å². The van der Waals surface area contributed by atoms with Crippen molar-refractivity contribution in [1.29, 1.82) is 0 Å². The predicted molar refractivity (Wildman–Crippen MR) is 83.8 cm³/mol. The zero-order chi connectivity index (χ0) is 15.6. The van der Waals surface area contributed by atoms with Gasteiger partial charge >= 0.3 is 0 Å². The Bertz CT molecular complexity index is 596. The van der Waals surface area contributed by atoms with Gasteiger partial charge in [0.25, 0.3) is 0 Å². The van der Waals surface area contributed by atoms with Crippen molar-refractivity contribution in [2.75, 3.05) is 25.5 Å². The second kappa shape index (κ2) is 6.34. The summed E-state index contributed by atoms with van der Waals surface area (Å²) in [6, 6.07) is 1.81. The van der Waals surface area contributed by atoms with Crippen LogP contribution in [0.3, 0.4) is 0 Å². The van der Waals surface area contributed by atoms with Crippen LogP contribution < -0.4 is 10.5 Å². The molecule has 1 aromatic carbocycles. The van der Waals surface area contributed by atoms with Crippen LogP contribution in [-0.4, -0.2) is 28.2 Å². The molecule has 1 aromatic rings. The summed E-state index contributed by atoms with van der Waals surface area (Å²) in [5.41, 5.74) is 8.61. The first-order valence-electron chi connectivity index (χ1n) is 7.26. The Kier molecular flexibility index (Phi) is 4.91. The summed E-state index contributed by atoms with van der Waals surface area (Å²) in [7, 11) is -3.56. The van der Waals surface area contributed by atoms with E-state index >= 15 is 0 Å². The number of hydrogen-bond donors (Lipinski definition) is 2. The van der Waals surface area contributed by atoms with E-state index in [0.29, 0.717) is 28.7 Å². The lowest BCUT2D eigenvalue weighted by atomic mass is 10.1. The number of hydrogen-bond acceptors (Lipinski definition) is 4. The van der Waals surface area contributed by atoms with E-state index in [0.717, 1.165) is 17.7 Å². The van der Waals surface area contributed by atoms with Gasteiger partial charge < -0.3 is 10.5 Å². The van der Waals surface area contributed by atoms with Crippen LogP contribution >= 0.6 is 0 Å². The summed E-state index contributed by atoms with van der Waals surface area (Å²) in [4.78, 5) is 0.294. The predicted octanol–water partition coefficient (Wildman–Crippen LogP) is 1.90. The van der Waals surface area contributed by atoms with Gasteiger partial charge in [-0.2, -0.15) is 0 Å². The fourth-order valence-corrected chi connectivity index (χ4v) is 3.88. The fourth-order valence-electron chi connectivity index (χ4n) is 2.30. The summed E-state index contributed by atoms with van der Waals surface area (Å²) in [6.45, 7) is 6.82. The van der Waals surface area contributed by atoms with Crippen molar-refractivity contribution in [3.63, 3.8) is 0 Å². The molecule has 5 nitrogen and oxygen atoms in total. The number of sulfonamides is 1. The van der Waals surface area contributed by atoms with Crippen LogP contribution in [0.4, 0.5) is 5.69 Å². The maximum Gasteiger partial charge on any atom is 0.241 e. The van der Waals surface area contributed by atoms with Crippen molar-refractivity contribution in [1.82, 2.24) is 4.72 Å². The topological polar surface area (TPSA) is 81.4 Å². The van der Waals surface area contributed by atoms with Crippen LogP contribution in [0.5, 0.6) is 0 Å². The highest BCUT2D eigenvalue weighted by molar-refractivity contribution is 7.89. The Hall–Kier alpha value is -1.11. The summed E-state index contributed by atoms with van der Waals surface area (Å²) in [6.07, 6.45) is 2.46. The zero-order valence-corrected chi connectivity index (χ0v) is 13.7. The van der Waals surface area contributed by atoms with Gasteiger partial charge in [-0.05, 0) is 62.3 Å². The zero-order valence-electron chi connectivity index (χ0n) is 12.9. The highest BCUT2D eigenvalue weighted by Gasteiger charge is 2.23. The Balaban J connectivity index is 2.04. The van der Waals surface area contributed by atoms with E-state index in [-0.39, 0.29) is 6.54 Å². The molecule has 6 heteroatoms. The molecule has 118 valence electrons. The van der Waals surface area contributed by atoms with Crippen molar-refractivity contribution in [3.8, 4) is 0 Å². The van der Waals surface area contributed by atoms with E-state index in [2.05, 4.69) is 4.72 Å². The molecule has 2 rings (SSSR count). The Labute approximate surface area is 126 Å². The largest absolute Gasteiger partial charge is 0.398 e. The first-order chi connectivity index (χ1) is 9.83. The van der Waals surface area contributed by atoms with Crippen molar-refractivity contribution < 1.29 is 13.2 Å². The molecule has 0 amide bonds. The van der Waals surface area contributed by atoms with Crippen LogP contribution in [0.25, 0.3) is 0 Å². The number of nitrogens with two attached hydrogens (primary N) is 1. The van der Waals surface area contributed by atoms with Gasteiger partial charge in [-0.25, -0.2) is 13.1 Å². The summed E-state index contributed by atoms with van der Waals surface area (Å²) in [5.74, 6) is 0.683. The van der Waals surface area contributed by atoms with Crippen LogP contribution in [0, 0.1) is 26.7 Å². The van der Waals surface area contributed by atoms with Crippen LogP contribution in [0.2, 0.25) is 0 Å². The van der Waals surface area contributed by atoms with Crippen molar-refractivity contribution in [3.05, 3.63) is 22.8 Å². The van der Waals surface area contributed by atoms with E-state index in [4.69, 9.17) is 10.5 Å². The van der Waals surface area contributed by atoms with E-state index < -0.39 is 10.0 Å². The van der Waals surface area contributed by atoms with Gasteiger partial charge in [-0.3, -0.25) is 0 Å². The molecule has 0 atom stereocenters. The first-order valence-corrected chi connectivity index (χ1v) is 8.75. The molecule has 0 radical (unpaired) electrons. The normalized spacial score (nSPS) is 15.4. The SMILES string of the molecule is Cc1cc(N)c(C)c(S(=O)(=O)NCCOCC2CC2)c1C. The average molecular weight is 312 g/mol. The number of ether oxygens (including phenoxy) is 1. The van der Waals surface area contributed by atoms with Gasteiger partial charge in [0.05, 0.1) is 11.5 Å². The van der Waals surface area contributed by atoms with Gasteiger partial charge in [0.1, 0.15) is 0 Å². The number of anilines is 1. The van der Waals surface area contributed by atoms with Crippen molar-refractivity contribution in [2.24, 2.45) is 5.92 Å². The molecule has 1 aliphatic rings. The van der Waals surface area contributed by atoms with E-state index in [1.54, 1.807) is 13.8 Å². The standard InChI is InChI=1S/C15H24N2O3S/c1-10-8-14(16)12(3)15(11(10)2)21(18,19)17-6-7-20-9-13-4-5-13/h8,13,17H,4-7,9,16H2,1-3H3. The first kappa shape index (κ1) is 16.3. The summed E-state index contributed by atoms with van der Waals surface area (Å²) >= 11 is 0. The highest BCUT2D eigenvalue weighted by Crippen LogP contribution is 2.29. The smallest absolute Gasteiger partial charge is 0.241 e. The number of nitrogens with one attached hydrogen (secondary N) is 1. The lowest BCUT2D eigenvalue weighted by molar-refractivity contribution is 0.129. The molecule has 3 N–H and O–H groups in total. The minimum atomic E-state index is -3.56. The number of benzene rings is 1. The van der Waals surface area contributed by atoms with Crippen LogP contribution in [-0.2, 0) is 14.8 Å². The quantitative estimate of drug-likeness (QED) is 0.595. The molecule has 0 unspecified atom stereocenters. The van der Waals surface area contributed by atoms with Gasteiger partial charge in [0, 0.05) is 18.8 Å². The van der Waals surface area contributed by atoms with E-state index in [9.17, 15) is 8.42 Å². The van der Waals surface area contributed by atoms with Crippen LogP contribution in [0.1, 0.15) is 29.5 Å². The molecule has 0 aliphatic heterocycles. The molecule has 0 spiro atoms. The lowest BCUT2D eigenvalue weighted by Gasteiger charge is -2.16. The molecule has 0 heterocycles. The minimum Gasteiger partial charge on any atom is -0.398 e. The Morgan fingerprint density at radius 1 is 1.29 bits per heavy atom. The number of nitrogen functional groups attached to an aromatic ring is 1. The molecule has 0 bridgehead atoms. The molecule has 21 heavy (non-hydrogen) atoms. The molecule has 1 aliphatic carbocycles. The number of rotatable bonds is 7. The van der Waals surface area contributed by atoms with Gasteiger partial charge in [0.15, 0.2) is 0 Å². The van der Waals surface area contributed by atoms with Crippen LogP contribution in [0.15, 0.2) is 11.0 Å². The van der Waals surface area contributed by atoms with E-state index in [1.165, 1.54) is 12.8 Å². The molecule has 1 fully saturated rings. The Morgan fingerprint density at radius 3 is 2.57 bits per heavy atom. The van der Waals surface area contributed by atoms with Crippen molar-refractivity contribution in [2.45, 2.75) is 38.5 Å². The lowest BCUT2D eigenvalue weighted by Crippen LogP contribution is -2.29. The average Bonchev–Trinajstić information content (AvgIpc) is 3.20. The highest BCUT2D eigenvalue weighted by atomic mass is 32.2. The molecular formula is C15H24N2O3S. The minimum absolute atomic E-state index is 0.280. The van der Waals surface area contributed by atoms with Gasteiger partial charge in [-0.1, -0.05) is 0 Å². The van der Waals surface area contributed by atoms with Crippen molar-refractivity contribution >= 4 is 15.7 Å². The molecule has 1 saturated carbocycles. The summed E-state index contributed by atoms with van der Waals surface area (Å²) < 4.78 is 33.0. The third-order valence-corrected chi connectivity index (χ3v) is 5.67. The third kappa shape index (κ3) is 3.96. The summed E-state index contributed by atoms with van der Waals surface area (Å²) in [5, 5.41) is 0. The van der Waals surface area contributed by atoms with E-state index in [1.807, 2.05) is 13.0 Å². The maximum atomic E-state index is 12.5.